The topological polar surface area (TPSA) is 41.5 Å². The molecule has 5 nitrogen and oxygen atoms in total. The maximum Gasteiger partial charge on any atom is 0.179 e. The molecule has 7 heteroatoms. The van der Waals surface area contributed by atoms with Crippen molar-refractivity contribution in [3.8, 4) is 0 Å². The third-order valence-corrected chi connectivity index (χ3v) is 7.91. The molecule has 176 valence electrons. The number of hydrogen-bond donors (Lipinski definition) is 0. The lowest BCUT2D eigenvalue weighted by Gasteiger charge is -2.23. The number of halogens is 1. The summed E-state index contributed by atoms with van der Waals surface area (Å²) in [6.07, 6.45) is 18.7. The van der Waals surface area contributed by atoms with Gasteiger partial charge < -0.3 is 14.5 Å². The number of unbranched alkanes of at least 4 members (excludes halogenated alkanes) is 1. The number of fused-ring (bicyclic) bond motifs is 1. The Morgan fingerprint density at radius 3 is 2.88 bits per heavy atom. The molecule has 0 radical (unpaired) electrons. The van der Waals surface area contributed by atoms with E-state index in [-0.39, 0.29) is 6.10 Å². The number of methoxy groups -OCH3 is 1. The van der Waals surface area contributed by atoms with E-state index < -0.39 is 0 Å². The first-order valence-electron chi connectivity index (χ1n) is 11.8. The second-order valence-corrected chi connectivity index (χ2v) is 10.8. The van der Waals surface area contributed by atoms with Gasteiger partial charge in [-0.05, 0) is 60.3 Å². The normalized spacial score (nSPS) is 19.2. The lowest BCUT2D eigenvalue weighted by atomic mass is 9.99. The van der Waals surface area contributed by atoms with E-state index in [1.165, 1.54) is 11.1 Å². The summed E-state index contributed by atoms with van der Waals surface area (Å²) in [6.45, 7) is 6.02. The third kappa shape index (κ3) is 5.10. The van der Waals surface area contributed by atoms with Crippen LogP contribution in [0.5, 0.6) is 0 Å². The molecular weight excluding hydrogens is 496 g/mol. The average molecular weight is 530 g/mol. The van der Waals surface area contributed by atoms with Crippen molar-refractivity contribution in [2.24, 2.45) is 0 Å². The summed E-state index contributed by atoms with van der Waals surface area (Å²) in [5, 5.41) is 1.15. The van der Waals surface area contributed by atoms with E-state index in [4.69, 9.17) is 14.7 Å². The monoisotopic (exact) mass is 528 g/mol. The highest BCUT2D eigenvalue weighted by Crippen LogP contribution is 2.45. The largest absolute Gasteiger partial charge is 0.380 e. The maximum absolute atomic E-state index is 5.68. The number of hydrogen-bond acceptors (Lipinski definition) is 6. The summed E-state index contributed by atoms with van der Waals surface area (Å²) in [5.41, 5.74) is 3.52. The number of thiophene rings is 1. The van der Waals surface area contributed by atoms with Crippen molar-refractivity contribution in [3.05, 3.63) is 51.8 Å². The quantitative estimate of drug-likeness (QED) is 0.368. The van der Waals surface area contributed by atoms with Crippen LogP contribution in [0.3, 0.4) is 0 Å². The minimum atomic E-state index is 0.235. The molecule has 4 rings (SSSR count). The molecule has 1 aliphatic carbocycles. The Kier molecular flexibility index (Phi) is 8.04. The molecular formula is C26H33BrN4OS. The molecule has 0 bridgehead atoms. The summed E-state index contributed by atoms with van der Waals surface area (Å²) < 4.78 is 6.80. The summed E-state index contributed by atoms with van der Waals surface area (Å²) >= 11 is 5.57. The van der Waals surface area contributed by atoms with Gasteiger partial charge in [-0.3, -0.25) is 0 Å². The van der Waals surface area contributed by atoms with Crippen LogP contribution >= 0.6 is 27.3 Å². The molecule has 3 heterocycles. The van der Waals surface area contributed by atoms with Crippen LogP contribution in [0.4, 0.5) is 5.82 Å². The Labute approximate surface area is 209 Å². The zero-order valence-electron chi connectivity index (χ0n) is 20.0. The van der Waals surface area contributed by atoms with Gasteiger partial charge in [0.05, 0.1) is 21.0 Å². The molecule has 0 amide bonds. The van der Waals surface area contributed by atoms with Gasteiger partial charge in [-0.15, -0.1) is 11.3 Å². The van der Waals surface area contributed by atoms with Crippen LogP contribution in [0.25, 0.3) is 21.5 Å². The Morgan fingerprint density at radius 2 is 2.21 bits per heavy atom. The fourth-order valence-corrected chi connectivity index (χ4v) is 6.25. The molecule has 1 fully saturated rings. The minimum absolute atomic E-state index is 0.235. The average Bonchev–Trinajstić information content (AvgIpc) is 3.43. The van der Waals surface area contributed by atoms with Crippen molar-refractivity contribution in [1.82, 2.24) is 14.9 Å². The first-order chi connectivity index (χ1) is 16.1. The highest BCUT2D eigenvalue weighted by Gasteiger charge is 2.29. The number of rotatable bonds is 8. The summed E-state index contributed by atoms with van der Waals surface area (Å²) in [6, 6.07) is 0. The van der Waals surface area contributed by atoms with E-state index in [9.17, 15) is 0 Å². The van der Waals surface area contributed by atoms with Crippen LogP contribution < -0.4 is 4.90 Å². The van der Waals surface area contributed by atoms with Crippen molar-refractivity contribution in [1.29, 1.82) is 0 Å². The van der Waals surface area contributed by atoms with Crippen molar-refractivity contribution in [2.75, 3.05) is 32.1 Å². The second-order valence-electron chi connectivity index (χ2n) is 8.50. The molecule has 0 aromatic carbocycles. The predicted octanol–water partition coefficient (Wildman–Crippen LogP) is 7.02. The summed E-state index contributed by atoms with van der Waals surface area (Å²) in [7, 11) is 3.87. The van der Waals surface area contributed by atoms with Gasteiger partial charge in [0.2, 0.25) is 0 Å². The SMILES string of the molecule is C/C=C\N(C)/C(=C/CCC)c1nc(N2CCC(OC)C2)c2c(C3=CCCC=C3)c(Br)sc2n1. The summed E-state index contributed by atoms with van der Waals surface area (Å²) in [4.78, 5) is 15.9. The lowest BCUT2D eigenvalue weighted by molar-refractivity contribution is 0.121. The second kappa shape index (κ2) is 11.0. The van der Waals surface area contributed by atoms with E-state index in [1.54, 1.807) is 18.4 Å². The van der Waals surface area contributed by atoms with E-state index in [1.807, 2.05) is 13.0 Å². The van der Waals surface area contributed by atoms with Gasteiger partial charge >= 0.3 is 0 Å². The highest BCUT2D eigenvalue weighted by molar-refractivity contribution is 9.11. The standard InChI is InChI=1S/C26H33BrN4OS/c1-5-7-13-20(30(3)15-6-2)24-28-25(31-16-14-19(17-31)32-4)22-21(18-11-9-8-10-12-18)23(27)33-26(22)29-24/h6,9,11-13,15,19H,5,7-8,10,14,16-17H2,1-4H3/b15-6-,20-13+. The van der Waals surface area contributed by atoms with Crippen LogP contribution in [-0.4, -0.2) is 48.2 Å². The minimum Gasteiger partial charge on any atom is -0.380 e. The van der Waals surface area contributed by atoms with Crippen molar-refractivity contribution in [2.45, 2.75) is 52.1 Å². The maximum atomic E-state index is 5.68. The molecule has 2 aliphatic rings. The van der Waals surface area contributed by atoms with Gasteiger partial charge in [0, 0.05) is 32.8 Å². The van der Waals surface area contributed by atoms with Crippen molar-refractivity contribution < 1.29 is 4.74 Å². The third-order valence-electron chi connectivity index (χ3n) is 6.16. The lowest BCUT2D eigenvalue weighted by Crippen LogP contribution is -2.24. The van der Waals surface area contributed by atoms with Gasteiger partial charge in [0.15, 0.2) is 5.82 Å². The fraction of sp³-hybridized carbons (Fsp3) is 0.462. The predicted molar refractivity (Wildman–Crippen MR) is 145 cm³/mol. The van der Waals surface area contributed by atoms with E-state index in [0.29, 0.717) is 0 Å². The molecule has 2 aromatic heterocycles. The smallest absolute Gasteiger partial charge is 0.179 e. The van der Waals surface area contributed by atoms with Crippen LogP contribution in [0.15, 0.2) is 40.4 Å². The van der Waals surface area contributed by atoms with Gasteiger partial charge in [0.1, 0.15) is 10.6 Å². The number of aromatic nitrogens is 2. The molecule has 0 N–H and O–H groups in total. The Balaban J connectivity index is 1.92. The van der Waals surface area contributed by atoms with Crippen molar-refractivity contribution in [3.63, 3.8) is 0 Å². The molecule has 2 aromatic rings. The van der Waals surface area contributed by atoms with E-state index >= 15 is 0 Å². The Bertz CT molecular complexity index is 1120. The molecule has 1 unspecified atom stereocenters. The van der Waals surface area contributed by atoms with Crippen molar-refractivity contribution >= 4 is 54.6 Å². The number of ether oxygens (including phenoxy) is 1. The van der Waals surface area contributed by atoms with Gasteiger partial charge in [-0.1, -0.05) is 43.7 Å². The van der Waals surface area contributed by atoms with Gasteiger partial charge in [0.25, 0.3) is 0 Å². The number of nitrogens with zero attached hydrogens (tertiary/aromatic N) is 4. The van der Waals surface area contributed by atoms with E-state index in [2.05, 4.69) is 70.2 Å². The molecule has 1 aliphatic heterocycles. The Morgan fingerprint density at radius 1 is 1.36 bits per heavy atom. The molecule has 0 saturated carbocycles. The van der Waals surface area contributed by atoms with Crippen LogP contribution in [0.2, 0.25) is 0 Å². The van der Waals surface area contributed by atoms with E-state index in [0.717, 1.165) is 76.5 Å². The first-order valence-corrected chi connectivity index (χ1v) is 13.4. The van der Waals surface area contributed by atoms with Gasteiger partial charge in [-0.25, -0.2) is 9.97 Å². The van der Waals surface area contributed by atoms with Crippen LogP contribution in [0.1, 0.15) is 57.3 Å². The van der Waals surface area contributed by atoms with Crippen LogP contribution in [0, 0.1) is 0 Å². The zero-order chi connectivity index (χ0) is 23.4. The highest BCUT2D eigenvalue weighted by atomic mass is 79.9. The van der Waals surface area contributed by atoms with Crippen LogP contribution in [-0.2, 0) is 4.74 Å². The van der Waals surface area contributed by atoms with Gasteiger partial charge in [-0.2, -0.15) is 0 Å². The molecule has 1 saturated heterocycles. The zero-order valence-corrected chi connectivity index (χ0v) is 22.4. The molecule has 0 spiro atoms. The summed E-state index contributed by atoms with van der Waals surface area (Å²) in [5.74, 6) is 1.79. The number of allylic oxidation sites excluding steroid dienone is 6. The Hall–Kier alpha value is -1.96. The number of anilines is 1. The molecule has 33 heavy (non-hydrogen) atoms. The fourth-order valence-electron chi connectivity index (χ4n) is 4.45. The first kappa shape index (κ1) is 24.2. The molecule has 1 atom stereocenters.